The lowest BCUT2D eigenvalue weighted by Gasteiger charge is -2.06. The number of fused-ring (bicyclic) bond motifs is 1. The van der Waals surface area contributed by atoms with E-state index in [0.717, 1.165) is 5.56 Å². The molecule has 0 aliphatic carbocycles. The van der Waals surface area contributed by atoms with Crippen LogP contribution in [0.15, 0.2) is 43.0 Å². The Morgan fingerprint density at radius 1 is 1.19 bits per heavy atom. The average molecular weight is 283 g/mol. The van der Waals surface area contributed by atoms with Gasteiger partial charge in [0.2, 0.25) is 0 Å². The van der Waals surface area contributed by atoms with Crippen molar-refractivity contribution >= 4 is 23.0 Å². The molecule has 21 heavy (non-hydrogen) atoms. The summed E-state index contributed by atoms with van der Waals surface area (Å²) in [4.78, 5) is 23.9. The molecular weight excluding hydrogens is 270 g/mol. The van der Waals surface area contributed by atoms with Gasteiger partial charge in [-0.25, -0.2) is 15.0 Å². The van der Waals surface area contributed by atoms with Crippen LogP contribution in [0, 0.1) is 0 Å². The first-order valence-electron chi connectivity index (χ1n) is 6.35. The molecule has 0 saturated carbocycles. The van der Waals surface area contributed by atoms with Crippen molar-refractivity contribution in [3.63, 3.8) is 0 Å². The molecule has 106 valence electrons. The summed E-state index contributed by atoms with van der Waals surface area (Å²) in [7, 11) is 0. The summed E-state index contributed by atoms with van der Waals surface area (Å²) >= 11 is 0. The predicted octanol–water partition coefficient (Wildman–Crippen LogP) is 1.15. The van der Waals surface area contributed by atoms with Crippen molar-refractivity contribution in [2.45, 2.75) is 13.2 Å². The fraction of sp³-hybridized carbons (Fsp3) is 0.143. The standard InChI is InChI=1S/C14H13N5O2/c15-13-12-14(17-8-16-13)19(9-18-12)6-11(20)21-7-10-4-2-1-3-5-10/h1-5,8-9H,6-7H2,(H2,15,16,17). The van der Waals surface area contributed by atoms with Crippen molar-refractivity contribution in [1.29, 1.82) is 0 Å². The van der Waals surface area contributed by atoms with Gasteiger partial charge in [-0.1, -0.05) is 30.3 Å². The van der Waals surface area contributed by atoms with Crippen molar-refractivity contribution in [3.05, 3.63) is 48.5 Å². The van der Waals surface area contributed by atoms with Crippen molar-refractivity contribution in [3.8, 4) is 0 Å². The fourth-order valence-corrected chi connectivity index (χ4v) is 1.94. The molecule has 2 heterocycles. The Hall–Kier alpha value is -2.96. The van der Waals surface area contributed by atoms with E-state index in [4.69, 9.17) is 10.5 Å². The van der Waals surface area contributed by atoms with E-state index < -0.39 is 0 Å². The number of nitrogen functional groups attached to an aromatic ring is 1. The molecule has 0 spiro atoms. The summed E-state index contributed by atoms with van der Waals surface area (Å²) in [5.74, 6) is -0.0771. The maximum absolute atomic E-state index is 11.9. The SMILES string of the molecule is Nc1ncnc2c1ncn2CC(=O)OCc1ccccc1. The fourth-order valence-electron chi connectivity index (χ4n) is 1.94. The molecule has 7 heteroatoms. The summed E-state index contributed by atoms with van der Waals surface area (Å²) in [6.45, 7) is 0.267. The summed E-state index contributed by atoms with van der Waals surface area (Å²) in [5.41, 5.74) is 7.62. The van der Waals surface area contributed by atoms with E-state index in [9.17, 15) is 4.79 Å². The number of hydrogen-bond acceptors (Lipinski definition) is 6. The van der Waals surface area contributed by atoms with Gasteiger partial charge in [-0.3, -0.25) is 4.79 Å². The van der Waals surface area contributed by atoms with E-state index in [-0.39, 0.29) is 24.9 Å². The topological polar surface area (TPSA) is 95.9 Å². The largest absolute Gasteiger partial charge is 0.459 e. The highest BCUT2D eigenvalue weighted by atomic mass is 16.5. The zero-order valence-electron chi connectivity index (χ0n) is 11.1. The minimum Gasteiger partial charge on any atom is -0.459 e. The Morgan fingerprint density at radius 2 is 2.00 bits per heavy atom. The molecule has 3 aromatic rings. The quantitative estimate of drug-likeness (QED) is 0.722. The summed E-state index contributed by atoms with van der Waals surface area (Å²) in [6, 6.07) is 9.49. The van der Waals surface area contributed by atoms with Gasteiger partial charge in [0.15, 0.2) is 11.5 Å². The van der Waals surface area contributed by atoms with E-state index in [1.165, 1.54) is 12.7 Å². The minimum absolute atomic E-state index is 0.0276. The first-order valence-corrected chi connectivity index (χ1v) is 6.35. The number of rotatable bonds is 4. The highest BCUT2D eigenvalue weighted by Gasteiger charge is 2.11. The second-order valence-corrected chi connectivity index (χ2v) is 4.45. The monoisotopic (exact) mass is 283 g/mol. The number of hydrogen-bond donors (Lipinski definition) is 1. The number of ether oxygens (including phenoxy) is 1. The predicted molar refractivity (Wildman–Crippen MR) is 76.0 cm³/mol. The molecule has 2 aromatic heterocycles. The minimum atomic E-state index is -0.365. The molecule has 0 saturated heterocycles. The number of carbonyl (C=O) groups is 1. The lowest BCUT2D eigenvalue weighted by atomic mass is 10.2. The van der Waals surface area contributed by atoms with Crippen molar-refractivity contribution in [2.24, 2.45) is 0 Å². The lowest BCUT2D eigenvalue weighted by Crippen LogP contribution is -2.13. The molecule has 0 unspecified atom stereocenters. The Labute approximate surface area is 120 Å². The Kier molecular flexibility index (Phi) is 3.46. The number of nitrogens with zero attached hydrogens (tertiary/aromatic N) is 4. The maximum atomic E-state index is 11.9. The van der Waals surface area contributed by atoms with Gasteiger partial charge < -0.3 is 15.0 Å². The van der Waals surface area contributed by atoms with Gasteiger partial charge in [0.05, 0.1) is 6.33 Å². The van der Waals surface area contributed by atoms with E-state index >= 15 is 0 Å². The molecule has 7 nitrogen and oxygen atoms in total. The van der Waals surface area contributed by atoms with Crippen LogP contribution in [0.4, 0.5) is 5.82 Å². The van der Waals surface area contributed by atoms with Crippen LogP contribution in [0.1, 0.15) is 5.56 Å². The Balaban J connectivity index is 1.68. The van der Waals surface area contributed by atoms with E-state index in [1.54, 1.807) is 4.57 Å². The van der Waals surface area contributed by atoms with Crippen LogP contribution in [-0.2, 0) is 22.7 Å². The number of benzene rings is 1. The summed E-state index contributed by atoms with van der Waals surface area (Å²) in [5, 5.41) is 0. The first-order chi connectivity index (χ1) is 10.2. The van der Waals surface area contributed by atoms with Crippen molar-refractivity contribution in [2.75, 3.05) is 5.73 Å². The molecule has 0 amide bonds. The van der Waals surface area contributed by atoms with Gasteiger partial charge in [0, 0.05) is 0 Å². The number of imidazole rings is 1. The molecule has 0 atom stereocenters. The number of aromatic nitrogens is 4. The molecule has 0 aliphatic heterocycles. The van der Waals surface area contributed by atoms with Crippen LogP contribution in [-0.4, -0.2) is 25.5 Å². The summed E-state index contributed by atoms with van der Waals surface area (Å²) < 4.78 is 6.80. The van der Waals surface area contributed by atoms with Crippen LogP contribution in [0.3, 0.4) is 0 Å². The van der Waals surface area contributed by atoms with Crippen molar-refractivity contribution in [1.82, 2.24) is 19.5 Å². The molecule has 1 aromatic carbocycles. The Bertz CT molecular complexity index is 769. The van der Waals surface area contributed by atoms with Crippen LogP contribution in [0.2, 0.25) is 0 Å². The van der Waals surface area contributed by atoms with Gasteiger partial charge in [-0.05, 0) is 5.56 Å². The van der Waals surface area contributed by atoms with E-state index in [1.807, 2.05) is 30.3 Å². The second-order valence-electron chi connectivity index (χ2n) is 4.45. The third-order valence-electron chi connectivity index (χ3n) is 2.97. The maximum Gasteiger partial charge on any atom is 0.326 e. The lowest BCUT2D eigenvalue weighted by molar-refractivity contribution is -0.145. The normalized spacial score (nSPS) is 10.7. The van der Waals surface area contributed by atoms with Gasteiger partial charge in [-0.15, -0.1) is 0 Å². The van der Waals surface area contributed by atoms with E-state index in [2.05, 4.69) is 15.0 Å². The molecular formula is C14H13N5O2. The van der Waals surface area contributed by atoms with E-state index in [0.29, 0.717) is 11.2 Å². The molecule has 2 N–H and O–H groups in total. The molecule has 0 fully saturated rings. The summed E-state index contributed by atoms with van der Waals surface area (Å²) in [6.07, 6.45) is 2.84. The zero-order valence-corrected chi connectivity index (χ0v) is 11.1. The molecule has 0 bridgehead atoms. The molecule has 3 rings (SSSR count). The highest BCUT2D eigenvalue weighted by molar-refractivity contribution is 5.82. The molecule has 0 radical (unpaired) electrons. The Morgan fingerprint density at radius 3 is 2.81 bits per heavy atom. The number of nitrogens with two attached hydrogens (primary N) is 1. The number of anilines is 1. The van der Waals surface area contributed by atoms with Crippen LogP contribution in [0.5, 0.6) is 0 Å². The van der Waals surface area contributed by atoms with Gasteiger partial charge in [0.25, 0.3) is 0 Å². The van der Waals surface area contributed by atoms with Gasteiger partial charge in [-0.2, -0.15) is 0 Å². The zero-order chi connectivity index (χ0) is 14.7. The van der Waals surface area contributed by atoms with Crippen molar-refractivity contribution < 1.29 is 9.53 Å². The smallest absolute Gasteiger partial charge is 0.326 e. The third kappa shape index (κ3) is 2.81. The highest BCUT2D eigenvalue weighted by Crippen LogP contribution is 2.14. The van der Waals surface area contributed by atoms with Crippen LogP contribution >= 0.6 is 0 Å². The third-order valence-corrected chi connectivity index (χ3v) is 2.97. The first kappa shape index (κ1) is 13.0. The van der Waals surface area contributed by atoms with Gasteiger partial charge in [0.1, 0.15) is 25.0 Å². The molecule has 0 aliphatic rings. The van der Waals surface area contributed by atoms with Crippen LogP contribution in [0.25, 0.3) is 11.2 Å². The number of esters is 1. The number of carbonyl (C=O) groups excluding carboxylic acids is 1. The average Bonchev–Trinajstić information content (AvgIpc) is 2.91. The van der Waals surface area contributed by atoms with Gasteiger partial charge >= 0.3 is 5.97 Å². The second kappa shape index (κ2) is 5.58. The van der Waals surface area contributed by atoms with Crippen LogP contribution < -0.4 is 5.73 Å².